The molecular formula is C21H22N2O5. The lowest BCUT2D eigenvalue weighted by atomic mass is 9.95. The van der Waals surface area contributed by atoms with Gasteiger partial charge in [0.05, 0.1) is 25.5 Å². The van der Waals surface area contributed by atoms with Gasteiger partial charge in [0.1, 0.15) is 18.8 Å². The maximum Gasteiger partial charge on any atom is 0.351 e. The molecule has 1 aromatic carbocycles. The highest BCUT2D eigenvalue weighted by atomic mass is 16.6. The van der Waals surface area contributed by atoms with E-state index in [0.29, 0.717) is 26.4 Å². The number of aliphatic hydroxyl groups excluding tert-OH is 1. The van der Waals surface area contributed by atoms with Gasteiger partial charge < -0.3 is 19.3 Å². The molecule has 1 saturated heterocycles. The fourth-order valence-corrected chi connectivity index (χ4v) is 3.36. The molecule has 7 heteroatoms. The number of rotatable bonds is 3. The van der Waals surface area contributed by atoms with E-state index in [0.717, 1.165) is 28.8 Å². The largest absolute Gasteiger partial charge is 0.475 e. The van der Waals surface area contributed by atoms with Gasteiger partial charge in [0, 0.05) is 23.7 Å². The van der Waals surface area contributed by atoms with Crippen LogP contribution in [-0.2, 0) is 22.4 Å². The summed E-state index contributed by atoms with van der Waals surface area (Å²) >= 11 is 0. The molecule has 1 aromatic heterocycles. The SMILES string of the molecule is CC(O)C#Cc1ccc2c(c1)CCn1c-2cc(OCC2COCCO2)nc1=O. The molecule has 0 saturated carbocycles. The summed E-state index contributed by atoms with van der Waals surface area (Å²) in [6, 6.07) is 7.65. The molecule has 2 aliphatic heterocycles. The number of ether oxygens (including phenoxy) is 3. The van der Waals surface area contributed by atoms with Crippen molar-refractivity contribution in [1.82, 2.24) is 9.55 Å². The van der Waals surface area contributed by atoms with Crippen molar-refractivity contribution in [2.75, 3.05) is 26.4 Å². The van der Waals surface area contributed by atoms with Gasteiger partial charge >= 0.3 is 5.69 Å². The first-order valence-corrected chi connectivity index (χ1v) is 9.37. The predicted octanol–water partition coefficient (Wildman–Crippen LogP) is 0.993. The van der Waals surface area contributed by atoms with Crippen LogP contribution in [0.4, 0.5) is 0 Å². The van der Waals surface area contributed by atoms with E-state index in [1.165, 1.54) is 0 Å². The Balaban J connectivity index is 1.60. The molecule has 2 aliphatic rings. The van der Waals surface area contributed by atoms with Crippen molar-refractivity contribution in [3.05, 3.63) is 45.9 Å². The van der Waals surface area contributed by atoms with Crippen LogP contribution in [0.1, 0.15) is 18.1 Å². The van der Waals surface area contributed by atoms with E-state index in [2.05, 4.69) is 16.8 Å². The van der Waals surface area contributed by atoms with Crippen molar-refractivity contribution in [2.24, 2.45) is 0 Å². The summed E-state index contributed by atoms with van der Waals surface area (Å²) < 4.78 is 18.3. The lowest BCUT2D eigenvalue weighted by Gasteiger charge is -2.24. The van der Waals surface area contributed by atoms with Gasteiger partial charge in [-0.3, -0.25) is 4.57 Å². The van der Waals surface area contributed by atoms with Crippen molar-refractivity contribution in [1.29, 1.82) is 0 Å². The van der Waals surface area contributed by atoms with E-state index in [4.69, 9.17) is 14.2 Å². The molecule has 28 heavy (non-hydrogen) atoms. The standard InChI is InChI=1S/C21H22N2O5/c1-14(24)2-3-15-4-5-18-16(10-15)6-7-23-19(18)11-20(22-21(23)25)28-13-17-12-26-8-9-27-17/h4-5,10-11,14,17,24H,6-9,12-13H2,1H3. The summed E-state index contributed by atoms with van der Waals surface area (Å²) in [5.74, 6) is 6.01. The maximum absolute atomic E-state index is 12.5. The molecule has 2 aromatic rings. The van der Waals surface area contributed by atoms with E-state index in [1.54, 1.807) is 17.6 Å². The van der Waals surface area contributed by atoms with Gasteiger partial charge in [-0.05, 0) is 31.0 Å². The summed E-state index contributed by atoms with van der Waals surface area (Å²) in [7, 11) is 0. The number of aromatic nitrogens is 2. The minimum atomic E-state index is -0.667. The normalized spacial score (nSPS) is 19.0. The third kappa shape index (κ3) is 4.09. The van der Waals surface area contributed by atoms with Crippen LogP contribution in [0, 0.1) is 11.8 Å². The summed E-state index contributed by atoms with van der Waals surface area (Å²) in [6.45, 7) is 4.09. The van der Waals surface area contributed by atoms with E-state index in [1.807, 2.05) is 18.2 Å². The summed E-state index contributed by atoms with van der Waals surface area (Å²) in [5.41, 5.74) is 3.38. The molecular weight excluding hydrogens is 360 g/mol. The smallest absolute Gasteiger partial charge is 0.351 e. The van der Waals surface area contributed by atoms with Gasteiger partial charge in [0.2, 0.25) is 5.88 Å². The van der Waals surface area contributed by atoms with E-state index in [-0.39, 0.29) is 24.3 Å². The van der Waals surface area contributed by atoms with Crippen LogP contribution in [-0.4, -0.2) is 53.3 Å². The minimum Gasteiger partial charge on any atom is -0.475 e. The van der Waals surface area contributed by atoms with Crippen molar-refractivity contribution < 1.29 is 19.3 Å². The second-order valence-corrected chi connectivity index (χ2v) is 6.86. The van der Waals surface area contributed by atoms with Crippen molar-refractivity contribution in [3.63, 3.8) is 0 Å². The van der Waals surface area contributed by atoms with Gasteiger partial charge in [0.25, 0.3) is 0 Å². The first kappa shape index (κ1) is 18.7. The third-order valence-electron chi connectivity index (χ3n) is 4.70. The molecule has 7 nitrogen and oxygen atoms in total. The van der Waals surface area contributed by atoms with E-state index >= 15 is 0 Å². The number of hydrogen-bond donors (Lipinski definition) is 1. The Morgan fingerprint density at radius 3 is 3.07 bits per heavy atom. The Kier molecular flexibility index (Phi) is 5.44. The molecule has 4 rings (SSSR count). The molecule has 0 bridgehead atoms. The number of aliphatic hydroxyl groups is 1. The van der Waals surface area contributed by atoms with Crippen molar-refractivity contribution in [3.8, 4) is 29.0 Å². The lowest BCUT2D eigenvalue weighted by molar-refractivity contribution is -0.102. The Labute approximate surface area is 162 Å². The number of benzene rings is 1. The highest BCUT2D eigenvalue weighted by molar-refractivity contribution is 5.67. The first-order chi connectivity index (χ1) is 13.6. The fraction of sp³-hybridized carbons (Fsp3) is 0.429. The Bertz CT molecular complexity index is 981. The zero-order valence-electron chi connectivity index (χ0n) is 15.7. The number of hydrogen-bond acceptors (Lipinski definition) is 6. The van der Waals surface area contributed by atoms with Gasteiger partial charge in [-0.1, -0.05) is 17.9 Å². The summed E-state index contributed by atoms with van der Waals surface area (Å²) in [5, 5.41) is 9.34. The predicted molar refractivity (Wildman–Crippen MR) is 102 cm³/mol. The van der Waals surface area contributed by atoms with Crippen LogP contribution in [0.15, 0.2) is 29.1 Å². The average molecular weight is 382 g/mol. The highest BCUT2D eigenvalue weighted by Crippen LogP contribution is 2.30. The second-order valence-electron chi connectivity index (χ2n) is 6.86. The van der Waals surface area contributed by atoms with Crippen LogP contribution < -0.4 is 10.4 Å². The number of nitrogens with zero attached hydrogens (tertiary/aromatic N) is 2. The molecule has 2 atom stereocenters. The molecule has 1 fully saturated rings. The Morgan fingerprint density at radius 2 is 2.29 bits per heavy atom. The topological polar surface area (TPSA) is 82.8 Å². The number of fused-ring (bicyclic) bond motifs is 3. The molecule has 1 N–H and O–H groups in total. The highest BCUT2D eigenvalue weighted by Gasteiger charge is 2.20. The zero-order chi connectivity index (χ0) is 19.5. The monoisotopic (exact) mass is 382 g/mol. The van der Waals surface area contributed by atoms with E-state index in [9.17, 15) is 9.90 Å². The molecule has 2 unspecified atom stereocenters. The Hall–Kier alpha value is -2.66. The zero-order valence-corrected chi connectivity index (χ0v) is 15.7. The van der Waals surface area contributed by atoms with E-state index < -0.39 is 6.10 Å². The molecule has 0 spiro atoms. The average Bonchev–Trinajstić information content (AvgIpc) is 2.71. The fourth-order valence-electron chi connectivity index (χ4n) is 3.36. The van der Waals surface area contributed by atoms with Crippen LogP contribution in [0.2, 0.25) is 0 Å². The van der Waals surface area contributed by atoms with Crippen molar-refractivity contribution >= 4 is 0 Å². The molecule has 146 valence electrons. The first-order valence-electron chi connectivity index (χ1n) is 9.37. The van der Waals surface area contributed by atoms with Crippen LogP contribution in [0.5, 0.6) is 5.88 Å². The molecule has 0 aliphatic carbocycles. The molecule has 0 amide bonds. The van der Waals surface area contributed by atoms with Gasteiger partial charge in [0.15, 0.2) is 0 Å². The minimum absolute atomic E-state index is 0.156. The van der Waals surface area contributed by atoms with Crippen molar-refractivity contribution in [2.45, 2.75) is 32.1 Å². The Morgan fingerprint density at radius 1 is 1.39 bits per heavy atom. The third-order valence-corrected chi connectivity index (χ3v) is 4.70. The molecule has 0 radical (unpaired) electrons. The molecule has 3 heterocycles. The summed E-state index contributed by atoms with van der Waals surface area (Å²) in [4.78, 5) is 16.5. The van der Waals surface area contributed by atoms with Crippen LogP contribution >= 0.6 is 0 Å². The van der Waals surface area contributed by atoms with Gasteiger partial charge in [-0.15, -0.1) is 0 Å². The van der Waals surface area contributed by atoms with Crippen LogP contribution in [0.3, 0.4) is 0 Å². The van der Waals surface area contributed by atoms with Gasteiger partial charge in [-0.2, -0.15) is 4.98 Å². The maximum atomic E-state index is 12.5. The number of aryl methyl sites for hydroxylation is 1. The van der Waals surface area contributed by atoms with Gasteiger partial charge in [-0.25, -0.2) is 4.79 Å². The van der Waals surface area contributed by atoms with Crippen LogP contribution in [0.25, 0.3) is 11.3 Å². The quantitative estimate of drug-likeness (QED) is 0.798. The second kappa shape index (κ2) is 8.15. The lowest BCUT2D eigenvalue weighted by Crippen LogP contribution is -2.34. The summed E-state index contributed by atoms with van der Waals surface area (Å²) in [6.07, 6.45) is -0.0991.